The molecule has 0 saturated carbocycles. The molecule has 0 unspecified atom stereocenters. The third kappa shape index (κ3) is 5.16. The van der Waals surface area contributed by atoms with Crippen LogP contribution < -0.4 is 10.0 Å². The molecule has 4 rings (SSSR count). The van der Waals surface area contributed by atoms with Crippen molar-refractivity contribution in [2.75, 3.05) is 5.32 Å². The Balaban J connectivity index is 1.61. The quantitative estimate of drug-likeness (QED) is 0.435. The van der Waals surface area contributed by atoms with Crippen molar-refractivity contribution in [3.63, 3.8) is 0 Å². The van der Waals surface area contributed by atoms with Crippen LogP contribution in [0.3, 0.4) is 0 Å². The number of aromatic nitrogens is 3. The number of carbonyl (C=O) groups is 1. The number of carbonyl (C=O) groups excluding carboxylic acids is 1. The number of para-hydroxylation sites is 1. The number of sulfonamides is 1. The van der Waals surface area contributed by atoms with Crippen LogP contribution in [0.4, 0.5) is 5.69 Å². The Morgan fingerprint density at radius 3 is 2.09 bits per heavy atom. The van der Waals surface area contributed by atoms with Crippen molar-refractivity contribution in [3.8, 4) is 17.1 Å². The molecule has 0 aliphatic carbocycles. The Bertz CT molecular complexity index is 1290. The lowest BCUT2D eigenvalue weighted by Gasteiger charge is -2.10. The lowest BCUT2D eigenvalue weighted by Crippen LogP contribution is -2.30. The summed E-state index contributed by atoms with van der Waals surface area (Å²) < 4.78 is 28.7. The Morgan fingerprint density at radius 2 is 1.48 bits per heavy atom. The molecule has 1 heterocycles. The molecule has 0 atom stereocenters. The summed E-state index contributed by atoms with van der Waals surface area (Å²) in [4.78, 5) is 17.5. The fourth-order valence-corrected chi connectivity index (χ4v) is 4.47. The number of nitrogens with zero attached hydrogens (tertiary/aromatic N) is 3. The smallest absolute Gasteiger partial charge is 0.295 e. The number of amides is 1. The average Bonchev–Trinajstić information content (AvgIpc) is 3.26. The second kappa shape index (κ2) is 9.35. The molecular weight excluding hydrogens is 438 g/mol. The van der Waals surface area contributed by atoms with Crippen molar-refractivity contribution < 1.29 is 13.2 Å². The molecular formula is C24H23N5O3S. The van der Waals surface area contributed by atoms with Crippen LogP contribution in [0.15, 0.2) is 89.8 Å². The predicted molar refractivity (Wildman–Crippen MR) is 127 cm³/mol. The van der Waals surface area contributed by atoms with Gasteiger partial charge in [-0.25, -0.2) is 22.8 Å². The van der Waals surface area contributed by atoms with Gasteiger partial charge in [-0.15, -0.1) is 5.10 Å². The van der Waals surface area contributed by atoms with Crippen LogP contribution in [-0.2, 0) is 10.0 Å². The summed E-state index contributed by atoms with van der Waals surface area (Å²) in [7, 11) is -3.61. The van der Waals surface area contributed by atoms with E-state index in [1.165, 1.54) is 24.3 Å². The van der Waals surface area contributed by atoms with Crippen molar-refractivity contribution in [3.05, 3.63) is 90.8 Å². The van der Waals surface area contributed by atoms with E-state index in [1.54, 1.807) is 18.5 Å². The van der Waals surface area contributed by atoms with Crippen LogP contribution in [0, 0.1) is 0 Å². The molecule has 9 heteroatoms. The van der Waals surface area contributed by atoms with Crippen molar-refractivity contribution >= 4 is 21.6 Å². The second-order valence-corrected chi connectivity index (χ2v) is 9.34. The van der Waals surface area contributed by atoms with E-state index < -0.39 is 15.9 Å². The van der Waals surface area contributed by atoms with Gasteiger partial charge < -0.3 is 5.32 Å². The first kappa shape index (κ1) is 22.4. The minimum Gasteiger partial charge on any atom is -0.319 e. The fourth-order valence-electron chi connectivity index (χ4n) is 3.21. The van der Waals surface area contributed by atoms with Crippen molar-refractivity contribution in [2.45, 2.75) is 24.8 Å². The van der Waals surface area contributed by atoms with E-state index in [9.17, 15) is 13.2 Å². The molecule has 0 spiro atoms. The maximum atomic E-state index is 12.9. The zero-order chi connectivity index (χ0) is 23.4. The monoisotopic (exact) mass is 461 g/mol. The highest BCUT2D eigenvalue weighted by Crippen LogP contribution is 2.22. The van der Waals surface area contributed by atoms with Gasteiger partial charge >= 0.3 is 0 Å². The molecule has 0 bridgehead atoms. The highest BCUT2D eigenvalue weighted by atomic mass is 32.2. The summed E-state index contributed by atoms with van der Waals surface area (Å²) in [6, 6.07) is 24.6. The minimum atomic E-state index is -3.61. The summed E-state index contributed by atoms with van der Waals surface area (Å²) in [5.41, 5.74) is 2.02. The fraction of sp³-hybridized carbons (Fsp3) is 0.125. The second-order valence-electron chi connectivity index (χ2n) is 7.63. The maximum absolute atomic E-state index is 12.9. The Hall–Kier alpha value is -3.82. The van der Waals surface area contributed by atoms with Crippen molar-refractivity contribution in [2.24, 2.45) is 0 Å². The summed E-state index contributed by atoms with van der Waals surface area (Å²) in [6.07, 6.45) is 0. The van der Waals surface area contributed by atoms with Gasteiger partial charge in [-0.3, -0.25) is 4.79 Å². The van der Waals surface area contributed by atoms with Crippen LogP contribution in [0.5, 0.6) is 0 Å². The van der Waals surface area contributed by atoms with E-state index in [1.807, 2.05) is 60.7 Å². The summed E-state index contributed by atoms with van der Waals surface area (Å²) in [6.45, 7) is 3.49. The lowest BCUT2D eigenvalue weighted by atomic mass is 10.2. The first-order valence-corrected chi connectivity index (χ1v) is 11.8. The number of hydrogen-bond donors (Lipinski definition) is 2. The molecule has 0 aliphatic heterocycles. The van der Waals surface area contributed by atoms with Gasteiger partial charge in [0.05, 0.1) is 10.6 Å². The van der Waals surface area contributed by atoms with Crippen LogP contribution in [0.1, 0.15) is 24.5 Å². The number of nitrogens with one attached hydrogen (secondary N) is 2. The van der Waals surface area contributed by atoms with Gasteiger partial charge in [-0.1, -0.05) is 48.5 Å². The van der Waals surface area contributed by atoms with Gasteiger partial charge in [0.25, 0.3) is 5.91 Å². The molecule has 0 radical (unpaired) electrons. The van der Waals surface area contributed by atoms with E-state index in [2.05, 4.69) is 20.1 Å². The van der Waals surface area contributed by atoms with E-state index in [-0.39, 0.29) is 16.8 Å². The van der Waals surface area contributed by atoms with Gasteiger partial charge in [0.2, 0.25) is 15.8 Å². The molecule has 8 nitrogen and oxygen atoms in total. The van der Waals surface area contributed by atoms with Crippen LogP contribution in [0.2, 0.25) is 0 Å². The van der Waals surface area contributed by atoms with Crippen molar-refractivity contribution in [1.29, 1.82) is 0 Å². The van der Waals surface area contributed by atoms with E-state index in [0.717, 1.165) is 11.3 Å². The first-order chi connectivity index (χ1) is 15.8. The zero-order valence-electron chi connectivity index (χ0n) is 18.1. The van der Waals surface area contributed by atoms with Crippen molar-refractivity contribution in [1.82, 2.24) is 19.5 Å². The van der Waals surface area contributed by atoms with Gasteiger partial charge in [0.1, 0.15) is 0 Å². The third-order valence-electron chi connectivity index (χ3n) is 4.66. The molecule has 33 heavy (non-hydrogen) atoms. The van der Waals surface area contributed by atoms with Crippen LogP contribution in [-0.4, -0.2) is 35.1 Å². The largest absolute Gasteiger partial charge is 0.319 e. The molecule has 4 aromatic rings. The molecule has 0 aliphatic rings. The number of hydrogen-bond acceptors (Lipinski definition) is 5. The topological polar surface area (TPSA) is 106 Å². The average molecular weight is 462 g/mol. The molecule has 0 saturated heterocycles. The van der Waals surface area contributed by atoms with Crippen LogP contribution in [0.25, 0.3) is 17.1 Å². The SMILES string of the molecule is CC(C)NS(=O)(=O)c1ccc(NC(=O)c2nc(-c3ccccc3)n(-c3ccccc3)n2)cc1. The molecule has 1 amide bonds. The number of anilines is 1. The molecule has 0 fully saturated rings. The standard InChI is InChI=1S/C24H23N5O3S/c1-17(2)28-33(31,32)21-15-13-19(14-16-21)25-24(30)22-26-23(18-9-5-3-6-10-18)29(27-22)20-11-7-4-8-12-20/h3-17,28H,1-2H3,(H,25,30). The van der Waals surface area contributed by atoms with Gasteiger partial charge in [0, 0.05) is 17.3 Å². The lowest BCUT2D eigenvalue weighted by molar-refractivity contribution is 0.101. The molecule has 168 valence electrons. The highest BCUT2D eigenvalue weighted by Gasteiger charge is 2.20. The highest BCUT2D eigenvalue weighted by molar-refractivity contribution is 7.89. The van der Waals surface area contributed by atoms with E-state index in [4.69, 9.17) is 0 Å². The Labute approximate surface area is 192 Å². The van der Waals surface area contributed by atoms with Gasteiger partial charge in [0.15, 0.2) is 5.82 Å². The number of rotatable bonds is 7. The first-order valence-electron chi connectivity index (χ1n) is 10.3. The maximum Gasteiger partial charge on any atom is 0.295 e. The normalized spacial score (nSPS) is 11.5. The summed E-state index contributed by atoms with van der Waals surface area (Å²) in [5, 5.41) is 7.16. The molecule has 2 N–H and O–H groups in total. The zero-order valence-corrected chi connectivity index (χ0v) is 19.0. The van der Waals surface area contributed by atoms with E-state index >= 15 is 0 Å². The predicted octanol–water partition coefficient (Wildman–Crippen LogP) is 3.87. The van der Waals surface area contributed by atoms with E-state index in [0.29, 0.717) is 11.5 Å². The Kier molecular flexibility index (Phi) is 6.34. The summed E-state index contributed by atoms with van der Waals surface area (Å²) >= 11 is 0. The van der Waals surface area contributed by atoms with Gasteiger partial charge in [-0.05, 0) is 50.2 Å². The Morgan fingerprint density at radius 1 is 0.879 bits per heavy atom. The molecule has 3 aromatic carbocycles. The van der Waals surface area contributed by atoms with Gasteiger partial charge in [-0.2, -0.15) is 0 Å². The molecule has 1 aromatic heterocycles. The minimum absolute atomic E-state index is 0.00382. The van der Waals surface area contributed by atoms with Crippen LogP contribution >= 0.6 is 0 Å². The number of benzene rings is 3. The third-order valence-corrected chi connectivity index (χ3v) is 6.33. The summed E-state index contributed by atoms with van der Waals surface area (Å²) in [5.74, 6) is 0.0294.